The Balaban J connectivity index is 3.17. The van der Waals surface area contributed by atoms with Gasteiger partial charge in [-0.1, -0.05) is 13.8 Å². The van der Waals surface area contributed by atoms with Gasteiger partial charge >= 0.3 is 6.03 Å². The third-order valence-corrected chi connectivity index (χ3v) is 0.831. The van der Waals surface area contributed by atoms with Crippen LogP contribution in [0.2, 0.25) is 0 Å². The predicted octanol–water partition coefficient (Wildman–Crippen LogP) is 0.733. The molecule has 0 saturated carbocycles. The molecule has 1 radical (unpaired) electrons. The van der Waals surface area contributed by atoms with Crippen LogP contribution in [-0.2, 0) is 0 Å². The Morgan fingerprint density at radius 1 is 1.67 bits per heavy atom. The lowest BCUT2D eigenvalue weighted by Gasteiger charge is -2.05. The summed E-state index contributed by atoms with van der Waals surface area (Å²) in [6.45, 7) is 4.76. The minimum absolute atomic E-state index is 0.219. The summed E-state index contributed by atoms with van der Waals surface area (Å²) in [5.74, 6) is 0.488. The first-order valence-electron chi connectivity index (χ1n) is 2.97. The molecule has 0 spiro atoms. The molecule has 0 saturated heterocycles. The number of carbonyl (C=O) groups is 1. The molecular weight excluding hydrogens is 116 g/mol. The maximum absolute atomic E-state index is 10.4. The molecule has 0 heterocycles. The van der Waals surface area contributed by atoms with Crippen LogP contribution in [-0.4, -0.2) is 12.6 Å². The van der Waals surface area contributed by atoms with Gasteiger partial charge in [0.2, 0.25) is 0 Å². The maximum Gasteiger partial charge on any atom is 0.314 e. The van der Waals surface area contributed by atoms with Crippen LogP contribution in [0.15, 0.2) is 0 Å². The lowest BCUT2D eigenvalue weighted by atomic mass is 10.2. The fraction of sp³-hybridized carbons (Fsp3) is 0.667. The third kappa shape index (κ3) is 5.14. The van der Waals surface area contributed by atoms with Gasteiger partial charge in [-0.3, -0.25) is 0 Å². The van der Waals surface area contributed by atoms with E-state index in [4.69, 9.17) is 0 Å². The quantitative estimate of drug-likeness (QED) is 0.567. The SMILES string of the molecule is [CH2]NC(=O)NCC(C)C. The van der Waals surface area contributed by atoms with Gasteiger partial charge in [0.25, 0.3) is 0 Å². The van der Waals surface area contributed by atoms with Gasteiger partial charge in [0.1, 0.15) is 0 Å². The van der Waals surface area contributed by atoms with Crippen molar-refractivity contribution in [2.45, 2.75) is 13.8 Å². The van der Waals surface area contributed by atoms with E-state index in [9.17, 15) is 4.79 Å². The second-order valence-corrected chi connectivity index (χ2v) is 2.28. The van der Waals surface area contributed by atoms with Crippen molar-refractivity contribution in [2.75, 3.05) is 6.54 Å². The smallest absolute Gasteiger partial charge is 0.314 e. The van der Waals surface area contributed by atoms with Gasteiger partial charge in [0.05, 0.1) is 0 Å². The highest BCUT2D eigenvalue weighted by Gasteiger charge is 1.95. The number of nitrogens with one attached hydrogen (secondary N) is 2. The van der Waals surface area contributed by atoms with E-state index in [0.717, 1.165) is 0 Å². The zero-order chi connectivity index (χ0) is 7.28. The Labute approximate surface area is 55.8 Å². The highest BCUT2D eigenvalue weighted by Crippen LogP contribution is 1.85. The van der Waals surface area contributed by atoms with Crippen LogP contribution in [0.3, 0.4) is 0 Å². The molecule has 0 aliphatic rings. The average Bonchev–Trinajstić information content (AvgIpc) is 1.83. The zero-order valence-electron chi connectivity index (χ0n) is 5.90. The summed E-state index contributed by atoms with van der Waals surface area (Å²) >= 11 is 0. The molecule has 0 aromatic carbocycles. The van der Waals surface area contributed by atoms with Gasteiger partial charge in [0, 0.05) is 13.6 Å². The summed E-state index contributed by atoms with van der Waals surface area (Å²) < 4.78 is 0. The van der Waals surface area contributed by atoms with Crippen molar-refractivity contribution < 1.29 is 4.79 Å². The number of carbonyl (C=O) groups excluding carboxylic acids is 1. The van der Waals surface area contributed by atoms with Gasteiger partial charge in [-0.25, -0.2) is 4.79 Å². The summed E-state index contributed by atoms with van der Waals surface area (Å²) in [6.07, 6.45) is 0. The second-order valence-electron chi connectivity index (χ2n) is 2.28. The van der Waals surface area contributed by atoms with E-state index in [2.05, 4.69) is 17.7 Å². The molecule has 0 rings (SSSR count). The summed E-state index contributed by atoms with van der Waals surface area (Å²) in [4.78, 5) is 10.4. The van der Waals surface area contributed by atoms with Crippen LogP contribution in [0.1, 0.15) is 13.8 Å². The Bertz CT molecular complexity index is 91.1. The van der Waals surface area contributed by atoms with Crippen molar-refractivity contribution in [1.29, 1.82) is 0 Å². The van der Waals surface area contributed by atoms with Crippen LogP contribution < -0.4 is 10.6 Å². The first kappa shape index (κ1) is 8.27. The standard InChI is InChI=1S/C6H13N2O/c1-5(2)4-8-6(9)7-3/h5H,3-4H2,1-2H3,(H2,7,8,9). The molecule has 2 amide bonds. The van der Waals surface area contributed by atoms with Crippen molar-refractivity contribution in [2.24, 2.45) is 5.92 Å². The predicted molar refractivity (Wildman–Crippen MR) is 36.7 cm³/mol. The van der Waals surface area contributed by atoms with E-state index in [1.54, 1.807) is 0 Å². The number of hydrogen-bond donors (Lipinski definition) is 2. The summed E-state index contributed by atoms with van der Waals surface area (Å²) in [5, 5.41) is 4.84. The monoisotopic (exact) mass is 129 g/mol. The number of rotatable bonds is 2. The number of urea groups is 1. The van der Waals surface area contributed by atoms with Gasteiger partial charge in [-0.05, 0) is 5.92 Å². The van der Waals surface area contributed by atoms with Gasteiger partial charge in [-0.15, -0.1) is 0 Å². The highest BCUT2D eigenvalue weighted by molar-refractivity contribution is 5.73. The van der Waals surface area contributed by atoms with Crippen molar-refractivity contribution in [1.82, 2.24) is 10.6 Å². The van der Waals surface area contributed by atoms with Crippen molar-refractivity contribution in [3.63, 3.8) is 0 Å². The molecule has 0 bridgehead atoms. The topological polar surface area (TPSA) is 41.1 Å². The molecule has 0 unspecified atom stereocenters. The highest BCUT2D eigenvalue weighted by atomic mass is 16.2. The molecule has 0 fully saturated rings. The molecule has 3 heteroatoms. The molecule has 0 atom stereocenters. The lowest BCUT2D eigenvalue weighted by molar-refractivity contribution is 0.242. The Hall–Kier alpha value is -0.730. The van der Waals surface area contributed by atoms with Gasteiger partial charge in [0.15, 0.2) is 0 Å². The van der Waals surface area contributed by atoms with Crippen LogP contribution in [0.4, 0.5) is 4.79 Å². The van der Waals surface area contributed by atoms with Gasteiger partial charge in [-0.2, -0.15) is 0 Å². The number of amides is 2. The third-order valence-electron chi connectivity index (χ3n) is 0.831. The lowest BCUT2D eigenvalue weighted by Crippen LogP contribution is -2.33. The van der Waals surface area contributed by atoms with Crippen LogP contribution in [0.25, 0.3) is 0 Å². The minimum Gasteiger partial charge on any atom is -0.338 e. The normalized spacial score (nSPS) is 9.33. The van der Waals surface area contributed by atoms with Gasteiger partial charge < -0.3 is 10.6 Å². The van der Waals surface area contributed by atoms with E-state index < -0.39 is 0 Å². The second kappa shape index (κ2) is 4.18. The van der Waals surface area contributed by atoms with E-state index in [-0.39, 0.29) is 6.03 Å². The molecular formula is C6H13N2O. The maximum atomic E-state index is 10.4. The van der Waals surface area contributed by atoms with E-state index >= 15 is 0 Å². The fourth-order valence-electron chi connectivity index (χ4n) is 0.359. The molecule has 0 aromatic heterocycles. The molecule has 0 aliphatic carbocycles. The molecule has 3 nitrogen and oxygen atoms in total. The molecule has 0 aliphatic heterocycles. The van der Waals surface area contributed by atoms with E-state index in [1.165, 1.54) is 0 Å². The number of hydrogen-bond acceptors (Lipinski definition) is 1. The van der Waals surface area contributed by atoms with E-state index in [0.29, 0.717) is 12.5 Å². The summed E-state index contributed by atoms with van der Waals surface area (Å²) in [5.41, 5.74) is 0. The van der Waals surface area contributed by atoms with E-state index in [1.807, 2.05) is 13.8 Å². The van der Waals surface area contributed by atoms with Crippen molar-refractivity contribution in [3.05, 3.63) is 7.05 Å². The minimum atomic E-state index is -0.219. The van der Waals surface area contributed by atoms with Crippen LogP contribution in [0, 0.1) is 13.0 Å². The summed E-state index contributed by atoms with van der Waals surface area (Å²) in [6, 6.07) is -0.219. The fourth-order valence-corrected chi connectivity index (χ4v) is 0.359. The molecule has 53 valence electrons. The first-order valence-corrected chi connectivity index (χ1v) is 2.97. The van der Waals surface area contributed by atoms with Crippen LogP contribution >= 0.6 is 0 Å². The Morgan fingerprint density at radius 3 is 2.56 bits per heavy atom. The molecule has 9 heavy (non-hydrogen) atoms. The van der Waals surface area contributed by atoms with Crippen LogP contribution in [0.5, 0.6) is 0 Å². The van der Waals surface area contributed by atoms with Crippen molar-refractivity contribution >= 4 is 6.03 Å². The van der Waals surface area contributed by atoms with Crippen molar-refractivity contribution in [3.8, 4) is 0 Å². The largest absolute Gasteiger partial charge is 0.338 e. The molecule has 0 aromatic rings. The average molecular weight is 129 g/mol. The Morgan fingerprint density at radius 2 is 2.22 bits per heavy atom. The Kier molecular flexibility index (Phi) is 3.84. The molecule has 2 N–H and O–H groups in total. The first-order chi connectivity index (χ1) is 4.16. The summed E-state index contributed by atoms with van der Waals surface area (Å²) in [7, 11) is 3.20. The zero-order valence-corrected chi connectivity index (χ0v) is 5.90.